The van der Waals surface area contributed by atoms with E-state index in [-0.39, 0.29) is 10.9 Å². The quantitative estimate of drug-likeness (QED) is 0.884. The fraction of sp³-hybridized carbons (Fsp3) is 0.556. The first-order valence-electron chi connectivity index (χ1n) is 8.83. The molecule has 1 N–H and O–H groups in total. The number of imidazole rings is 1. The van der Waals surface area contributed by atoms with E-state index in [1.807, 2.05) is 12.1 Å². The van der Waals surface area contributed by atoms with Crippen LogP contribution in [0.1, 0.15) is 40.0 Å². The molecule has 1 aliphatic heterocycles. The summed E-state index contributed by atoms with van der Waals surface area (Å²) in [6, 6.07) is 6.78. The van der Waals surface area contributed by atoms with Gasteiger partial charge in [-0.25, -0.2) is 18.2 Å². The molecule has 1 fully saturated rings. The van der Waals surface area contributed by atoms with E-state index >= 15 is 0 Å². The molecule has 1 amide bonds. The lowest BCUT2D eigenvalue weighted by molar-refractivity contribution is 0.0124. The Morgan fingerprint density at radius 2 is 2.04 bits per heavy atom. The zero-order valence-electron chi connectivity index (χ0n) is 15.4. The number of nitrogens with zero attached hydrogens (tertiary/aromatic N) is 2. The second-order valence-electron chi connectivity index (χ2n) is 7.66. The Morgan fingerprint density at radius 3 is 2.73 bits per heavy atom. The van der Waals surface area contributed by atoms with Gasteiger partial charge in [-0.3, -0.25) is 0 Å². The molecule has 8 heteroatoms. The van der Waals surface area contributed by atoms with Crippen molar-refractivity contribution in [3.63, 3.8) is 0 Å². The number of sulfone groups is 1. The van der Waals surface area contributed by atoms with Crippen molar-refractivity contribution in [2.75, 3.05) is 12.3 Å². The normalized spacial score (nSPS) is 18.9. The Balaban J connectivity index is 1.81. The molecule has 1 aliphatic rings. The summed E-state index contributed by atoms with van der Waals surface area (Å²) in [5.74, 6) is -0.161. The largest absolute Gasteiger partial charge is 0.444 e. The molecule has 2 aromatic rings. The predicted molar refractivity (Wildman–Crippen MR) is 98.7 cm³/mol. The third kappa shape index (κ3) is 4.17. The fourth-order valence-corrected chi connectivity index (χ4v) is 4.66. The van der Waals surface area contributed by atoms with Gasteiger partial charge in [0.1, 0.15) is 5.60 Å². The van der Waals surface area contributed by atoms with Gasteiger partial charge < -0.3 is 14.6 Å². The standard InChI is InChI=1S/C18H25N3O4S/c1-18(2,3)25-17(22)21-11-7-6-8-13(21)12-26(23,24)16-19-14-9-4-5-10-15(14)20-16/h4-5,9-10,13H,6-8,11-12H2,1-3H3,(H,19,20)/t13-/m0/s1. The number of aromatic nitrogens is 2. The molecule has 3 rings (SSSR count). The third-order valence-electron chi connectivity index (χ3n) is 4.33. The molecule has 0 spiro atoms. The number of aromatic amines is 1. The van der Waals surface area contributed by atoms with Crippen LogP contribution in [0.3, 0.4) is 0 Å². The average molecular weight is 379 g/mol. The number of benzene rings is 1. The van der Waals surface area contributed by atoms with Crippen LogP contribution >= 0.6 is 0 Å². The first kappa shape index (κ1) is 18.7. The molecule has 1 aromatic heterocycles. The maximum atomic E-state index is 12.9. The number of amides is 1. The molecule has 0 unspecified atom stereocenters. The number of nitrogens with one attached hydrogen (secondary N) is 1. The van der Waals surface area contributed by atoms with Gasteiger partial charge in [0.25, 0.3) is 0 Å². The zero-order chi connectivity index (χ0) is 18.9. The number of carbonyl (C=O) groups excluding carboxylic acids is 1. The lowest BCUT2D eigenvalue weighted by atomic mass is 10.0. The van der Waals surface area contributed by atoms with Crippen LogP contribution in [0.2, 0.25) is 0 Å². The van der Waals surface area contributed by atoms with Gasteiger partial charge in [-0.2, -0.15) is 0 Å². The number of H-pyrrole nitrogens is 1. The Labute approximate surface area is 153 Å². The van der Waals surface area contributed by atoms with E-state index in [0.29, 0.717) is 24.0 Å². The summed E-state index contributed by atoms with van der Waals surface area (Å²) in [6.45, 7) is 5.91. The Morgan fingerprint density at radius 1 is 1.31 bits per heavy atom. The maximum absolute atomic E-state index is 12.9. The van der Waals surface area contributed by atoms with E-state index < -0.39 is 27.6 Å². The summed E-state index contributed by atoms with van der Waals surface area (Å²) in [4.78, 5) is 21.1. The molecule has 142 valence electrons. The molecule has 26 heavy (non-hydrogen) atoms. The van der Waals surface area contributed by atoms with Crippen LogP contribution in [-0.2, 0) is 14.6 Å². The number of para-hydroxylation sites is 2. The highest BCUT2D eigenvalue weighted by Crippen LogP contribution is 2.24. The van der Waals surface area contributed by atoms with E-state index in [1.54, 1.807) is 37.8 Å². The Kier molecular flexibility index (Phi) is 4.96. The maximum Gasteiger partial charge on any atom is 0.410 e. The summed E-state index contributed by atoms with van der Waals surface area (Å²) in [7, 11) is -3.65. The first-order chi connectivity index (χ1) is 12.2. The van der Waals surface area contributed by atoms with Gasteiger partial charge in [-0.05, 0) is 52.2 Å². The molecular weight excluding hydrogens is 354 g/mol. The molecular formula is C18H25N3O4S. The van der Waals surface area contributed by atoms with Crippen LogP contribution < -0.4 is 0 Å². The van der Waals surface area contributed by atoms with Crippen molar-refractivity contribution in [1.29, 1.82) is 0 Å². The highest BCUT2D eigenvalue weighted by molar-refractivity contribution is 7.91. The number of likely N-dealkylation sites (tertiary alicyclic amines) is 1. The third-order valence-corrected chi connectivity index (χ3v) is 5.94. The summed E-state index contributed by atoms with van der Waals surface area (Å²) < 4.78 is 31.1. The van der Waals surface area contributed by atoms with Crippen molar-refractivity contribution in [2.45, 2.75) is 56.8 Å². The second kappa shape index (κ2) is 6.90. The van der Waals surface area contributed by atoms with Crippen molar-refractivity contribution in [1.82, 2.24) is 14.9 Å². The highest BCUT2D eigenvalue weighted by atomic mass is 32.2. The number of fused-ring (bicyclic) bond motifs is 1. The lowest BCUT2D eigenvalue weighted by Crippen LogP contribution is -2.49. The molecule has 0 bridgehead atoms. The van der Waals surface area contributed by atoms with E-state index in [1.165, 1.54) is 0 Å². The minimum atomic E-state index is -3.65. The number of piperidine rings is 1. The zero-order valence-corrected chi connectivity index (χ0v) is 16.2. The highest BCUT2D eigenvalue weighted by Gasteiger charge is 2.34. The summed E-state index contributed by atoms with van der Waals surface area (Å²) >= 11 is 0. The van der Waals surface area contributed by atoms with Crippen molar-refractivity contribution in [2.24, 2.45) is 0 Å². The number of ether oxygens (including phenoxy) is 1. The number of hydrogen-bond acceptors (Lipinski definition) is 5. The van der Waals surface area contributed by atoms with Gasteiger partial charge in [0.2, 0.25) is 15.0 Å². The average Bonchev–Trinajstić information content (AvgIpc) is 2.98. The molecule has 7 nitrogen and oxygen atoms in total. The van der Waals surface area contributed by atoms with E-state index in [9.17, 15) is 13.2 Å². The van der Waals surface area contributed by atoms with Crippen molar-refractivity contribution in [3.05, 3.63) is 24.3 Å². The number of hydrogen-bond donors (Lipinski definition) is 1. The van der Waals surface area contributed by atoms with Crippen LogP contribution in [0.25, 0.3) is 11.0 Å². The first-order valence-corrected chi connectivity index (χ1v) is 10.5. The summed E-state index contributed by atoms with van der Waals surface area (Å²) in [5.41, 5.74) is 0.675. The molecule has 1 atom stereocenters. The van der Waals surface area contributed by atoms with E-state index in [4.69, 9.17) is 4.74 Å². The minimum absolute atomic E-state index is 0.0478. The molecule has 0 radical (unpaired) electrons. The number of rotatable bonds is 3. The van der Waals surface area contributed by atoms with Crippen molar-refractivity contribution >= 4 is 27.0 Å². The van der Waals surface area contributed by atoms with Crippen molar-refractivity contribution < 1.29 is 17.9 Å². The van der Waals surface area contributed by atoms with Gasteiger partial charge in [0.15, 0.2) is 0 Å². The summed E-state index contributed by atoms with van der Waals surface area (Å²) in [6.07, 6.45) is 1.92. The summed E-state index contributed by atoms with van der Waals surface area (Å²) in [5, 5.41) is -0.0478. The van der Waals surface area contributed by atoms with Gasteiger partial charge in [-0.1, -0.05) is 12.1 Å². The van der Waals surface area contributed by atoms with Crippen LogP contribution in [0.4, 0.5) is 4.79 Å². The molecule has 1 saturated heterocycles. The predicted octanol–water partition coefficient (Wildman–Crippen LogP) is 3.13. The van der Waals surface area contributed by atoms with Gasteiger partial charge >= 0.3 is 6.09 Å². The molecule has 1 aromatic carbocycles. The monoisotopic (exact) mass is 379 g/mol. The SMILES string of the molecule is CC(C)(C)OC(=O)N1CCCC[C@H]1CS(=O)(=O)c1nc2ccccc2[nH]1. The van der Waals surface area contributed by atoms with Crippen LogP contribution in [-0.4, -0.2) is 53.3 Å². The lowest BCUT2D eigenvalue weighted by Gasteiger charge is -2.36. The van der Waals surface area contributed by atoms with Crippen LogP contribution in [0.15, 0.2) is 29.4 Å². The Bertz CT molecular complexity index is 866. The van der Waals surface area contributed by atoms with Gasteiger partial charge in [0, 0.05) is 12.6 Å². The van der Waals surface area contributed by atoms with Gasteiger partial charge in [0.05, 0.1) is 16.8 Å². The Hall–Kier alpha value is -2.09. The minimum Gasteiger partial charge on any atom is -0.444 e. The smallest absolute Gasteiger partial charge is 0.410 e. The fourth-order valence-electron chi connectivity index (χ4n) is 3.14. The van der Waals surface area contributed by atoms with Crippen molar-refractivity contribution in [3.8, 4) is 0 Å². The second-order valence-corrected chi connectivity index (χ2v) is 9.61. The topological polar surface area (TPSA) is 92.4 Å². The van der Waals surface area contributed by atoms with Crippen LogP contribution in [0.5, 0.6) is 0 Å². The molecule has 0 aliphatic carbocycles. The van der Waals surface area contributed by atoms with Gasteiger partial charge in [-0.15, -0.1) is 0 Å². The number of carbonyl (C=O) groups is 1. The van der Waals surface area contributed by atoms with Crippen LogP contribution in [0, 0.1) is 0 Å². The van der Waals surface area contributed by atoms with E-state index in [2.05, 4.69) is 9.97 Å². The van der Waals surface area contributed by atoms with E-state index in [0.717, 1.165) is 12.8 Å². The molecule has 0 saturated carbocycles. The molecule has 2 heterocycles.